The standard InChI is InChI=1S/C29H42N2O5/c1-6-10-19-30-29(33)25(7-2)31(21-23-11-15-24(34-5)16-12-23)28(32)18-14-22-13-17-26(35-8-3)27(20-22)36-9-4/h11-13,15-17,20,25H,6-10,14,18-19,21H2,1-5H3,(H,30,33)/t25-/m1/s1. The molecule has 2 rings (SSSR count). The summed E-state index contributed by atoms with van der Waals surface area (Å²) < 4.78 is 16.6. The predicted molar refractivity (Wildman–Crippen MR) is 143 cm³/mol. The summed E-state index contributed by atoms with van der Waals surface area (Å²) in [5, 5.41) is 3.00. The van der Waals surface area contributed by atoms with Gasteiger partial charge in [-0.15, -0.1) is 0 Å². The first-order chi connectivity index (χ1) is 17.5. The molecule has 1 N–H and O–H groups in total. The number of methoxy groups -OCH3 is 1. The summed E-state index contributed by atoms with van der Waals surface area (Å²) in [5.41, 5.74) is 1.93. The van der Waals surface area contributed by atoms with E-state index in [9.17, 15) is 9.59 Å². The Labute approximate surface area is 216 Å². The van der Waals surface area contributed by atoms with Crippen molar-refractivity contribution in [2.75, 3.05) is 26.9 Å². The first-order valence-electron chi connectivity index (χ1n) is 13.1. The Hall–Kier alpha value is -3.22. The molecule has 2 aromatic rings. The average molecular weight is 499 g/mol. The summed E-state index contributed by atoms with van der Waals surface area (Å²) in [6.45, 7) is 9.95. The van der Waals surface area contributed by atoms with Crippen molar-refractivity contribution in [2.45, 2.75) is 72.4 Å². The number of unbranched alkanes of at least 4 members (excludes halogenated alkanes) is 1. The van der Waals surface area contributed by atoms with E-state index in [0.717, 1.165) is 29.7 Å². The average Bonchev–Trinajstić information content (AvgIpc) is 2.89. The number of carbonyl (C=O) groups excluding carboxylic acids is 2. The molecule has 0 unspecified atom stereocenters. The van der Waals surface area contributed by atoms with Crippen LogP contribution in [0.2, 0.25) is 0 Å². The van der Waals surface area contributed by atoms with Crippen LogP contribution in [0.1, 0.15) is 64.5 Å². The second-order valence-electron chi connectivity index (χ2n) is 8.59. The monoisotopic (exact) mass is 498 g/mol. The van der Waals surface area contributed by atoms with E-state index >= 15 is 0 Å². The summed E-state index contributed by atoms with van der Waals surface area (Å²) in [6.07, 6.45) is 3.27. The van der Waals surface area contributed by atoms with Gasteiger partial charge in [-0.05, 0) is 68.5 Å². The van der Waals surface area contributed by atoms with Crippen LogP contribution in [-0.4, -0.2) is 49.6 Å². The van der Waals surface area contributed by atoms with Gasteiger partial charge in [-0.25, -0.2) is 0 Å². The van der Waals surface area contributed by atoms with Crippen molar-refractivity contribution < 1.29 is 23.8 Å². The van der Waals surface area contributed by atoms with E-state index in [2.05, 4.69) is 12.2 Å². The molecule has 7 heteroatoms. The number of benzene rings is 2. The van der Waals surface area contributed by atoms with Crippen molar-refractivity contribution in [2.24, 2.45) is 0 Å². The number of nitrogens with one attached hydrogen (secondary N) is 1. The molecule has 1 atom stereocenters. The maximum atomic E-state index is 13.5. The number of carbonyl (C=O) groups is 2. The Morgan fingerprint density at radius 3 is 2.19 bits per heavy atom. The van der Waals surface area contributed by atoms with Crippen molar-refractivity contribution in [3.8, 4) is 17.2 Å². The topological polar surface area (TPSA) is 77.1 Å². The molecule has 36 heavy (non-hydrogen) atoms. The number of hydrogen-bond donors (Lipinski definition) is 1. The molecule has 0 radical (unpaired) electrons. The number of hydrogen-bond acceptors (Lipinski definition) is 5. The van der Waals surface area contributed by atoms with E-state index < -0.39 is 6.04 Å². The lowest BCUT2D eigenvalue weighted by Crippen LogP contribution is -2.49. The van der Waals surface area contributed by atoms with Gasteiger partial charge in [0.1, 0.15) is 11.8 Å². The van der Waals surface area contributed by atoms with Crippen LogP contribution in [-0.2, 0) is 22.6 Å². The van der Waals surface area contributed by atoms with E-state index in [-0.39, 0.29) is 18.2 Å². The van der Waals surface area contributed by atoms with Gasteiger partial charge in [0, 0.05) is 19.5 Å². The van der Waals surface area contributed by atoms with Crippen LogP contribution >= 0.6 is 0 Å². The summed E-state index contributed by atoms with van der Waals surface area (Å²) in [4.78, 5) is 28.3. The van der Waals surface area contributed by atoms with Gasteiger partial charge in [-0.3, -0.25) is 9.59 Å². The molecule has 0 saturated carbocycles. The van der Waals surface area contributed by atoms with Crippen LogP contribution < -0.4 is 19.5 Å². The van der Waals surface area contributed by atoms with Crippen LogP contribution in [0.4, 0.5) is 0 Å². The Morgan fingerprint density at radius 2 is 1.58 bits per heavy atom. The van der Waals surface area contributed by atoms with Gasteiger partial charge in [0.15, 0.2) is 11.5 Å². The second kappa shape index (κ2) is 15.7. The highest BCUT2D eigenvalue weighted by molar-refractivity contribution is 5.87. The van der Waals surface area contributed by atoms with Gasteiger partial charge in [0.25, 0.3) is 0 Å². The van der Waals surface area contributed by atoms with Crippen LogP contribution in [0.5, 0.6) is 17.2 Å². The molecule has 7 nitrogen and oxygen atoms in total. The van der Waals surface area contributed by atoms with Gasteiger partial charge in [-0.1, -0.05) is 38.5 Å². The highest BCUT2D eigenvalue weighted by atomic mass is 16.5. The molecule has 198 valence electrons. The minimum Gasteiger partial charge on any atom is -0.497 e. The number of amides is 2. The van der Waals surface area contributed by atoms with Crippen molar-refractivity contribution in [1.82, 2.24) is 10.2 Å². The van der Waals surface area contributed by atoms with Crippen LogP contribution in [0, 0.1) is 0 Å². The third-order valence-corrected chi connectivity index (χ3v) is 5.96. The fourth-order valence-electron chi connectivity index (χ4n) is 4.00. The van der Waals surface area contributed by atoms with Crippen molar-refractivity contribution in [3.63, 3.8) is 0 Å². The Morgan fingerprint density at radius 1 is 0.917 bits per heavy atom. The Bertz CT molecular complexity index is 945. The van der Waals surface area contributed by atoms with Crippen molar-refractivity contribution in [3.05, 3.63) is 53.6 Å². The smallest absolute Gasteiger partial charge is 0.242 e. The van der Waals surface area contributed by atoms with Gasteiger partial charge in [0.05, 0.1) is 20.3 Å². The molecule has 0 saturated heterocycles. The summed E-state index contributed by atoms with van der Waals surface area (Å²) in [6, 6.07) is 12.9. The Kier molecular flexibility index (Phi) is 12.7. The molecular weight excluding hydrogens is 456 g/mol. The molecule has 0 aliphatic rings. The molecule has 0 spiro atoms. The maximum absolute atomic E-state index is 13.5. The third-order valence-electron chi connectivity index (χ3n) is 5.96. The molecular formula is C29H42N2O5. The van der Waals surface area contributed by atoms with Gasteiger partial charge in [-0.2, -0.15) is 0 Å². The fraction of sp³-hybridized carbons (Fsp3) is 0.517. The SMILES string of the molecule is CCCCNC(=O)[C@@H](CC)N(Cc1ccc(OC)cc1)C(=O)CCc1ccc(OCC)c(OCC)c1. The molecule has 0 fully saturated rings. The number of aryl methyl sites for hydroxylation is 1. The van der Waals surface area contributed by atoms with E-state index in [4.69, 9.17) is 14.2 Å². The van der Waals surface area contributed by atoms with Gasteiger partial charge >= 0.3 is 0 Å². The van der Waals surface area contributed by atoms with Crippen LogP contribution in [0.25, 0.3) is 0 Å². The van der Waals surface area contributed by atoms with Gasteiger partial charge in [0.2, 0.25) is 11.8 Å². The highest BCUT2D eigenvalue weighted by Gasteiger charge is 2.28. The van der Waals surface area contributed by atoms with Gasteiger partial charge < -0.3 is 24.4 Å². The molecule has 0 aromatic heterocycles. The van der Waals surface area contributed by atoms with Crippen LogP contribution in [0.3, 0.4) is 0 Å². The van der Waals surface area contributed by atoms with Crippen molar-refractivity contribution >= 4 is 11.8 Å². The lowest BCUT2D eigenvalue weighted by atomic mass is 10.1. The molecule has 2 amide bonds. The summed E-state index contributed by atoms with van der Waals surface area (Å²) in [5.74, 6) is 1.97. The van der Waals surface area contributed by atoms with E-state index in [1.807, 2.05) is 63.2 Å². The van der Waals surface area contributed by atoms with E-state index in [1.165, 1.54) is 0 Å². The summed E-state index contributed by atoms with van der Waals surface area (Å²) in [7, 11) is 1.62. The molecule has 2 aromatic carbocycles. The molecule has 0 aliphatic heterocycles. The van der Waals surface area contributed by atoms with Crippen LogP contribution in [0.15, 0.2) is 42.5 Å². The largest absolute Gasteiger partial charge is 0.497 e. The lowest BCUT2D eigenvalue weighted by Gasteiger charge is -2.31. The van der Waals surface area contributed by atoms with E-state index in [0.29, 0.717) is 50.6 Å². The zero-order chi connectivity index (χ0) is 26.3. The first-order valence-corrected chi connectivity index (χ1v) is 13.1. The quantitative estimate of drug-likeness (QED) is 0.324. The maximum Gasteiger partial charge on any atom is 0.242 e. The van der Waals surface area contributed by atoms with Crippen molar-refractivity contribution in [1.29, 1.82) is 0 Å². The molecule has 0 heterocycles. The number of rotatable bonds is 16. The van der Waals surface area contributed by atoms with E-state index in [1.54, 1.807) is 12.0 Å². The Balaban J connectivity index is 2.21. The first kappa shape index (κ1) is 29.0. The minimum atomic E-state index is -0.532. The third kappa shape index (κ3) is 8.77. The number of ether oxygens (including phenoxy) is 3. The normalized spacial score (nSPS) is 11.5. The summed E-state index contributed by atoms with van der Waals surface area (Å²) >= 11 is 0. The zero-order valence-corrected chi connectivity index (χ0v) is 22.5. The fourth-order valence-corrected chi connectivity index (χ4v) is 4.00. The molecule has 0 aliphatic carbocycles. The minimum absolute atomic E-state index is 0.0600. The predicted octanol–water partition coefficient (Wildman–Crippen LogP) is 5.15. The zero-order valence-electron chi connectivity index (χ0n) is 22.5. The lowest BCUT2D eigenvalue weighted by molar-refractivity contribution is -0.141. The number of nitrogens with zero attached hydrogens (tertiary/aromatic N) is 1. The highest BCUT2D eigenvalue weighted by Crippen LogP contribution is 2.29. The second-order valence-corrected chi connectivity index (χ2v) is 8.59. The molecule has 0 bridgehead atoms.